The number of aromatic nitrogens is 1. The molecule has 0 saturated heterocycles. The Balaban J connectivity index is 1.74. The van der Waals surface area contributed by atoms with Gasteiger partial charge in [0, 0.05) is 36.7 Å². The third-order valence-corrected chi connectivity index (χ3v) is 3.98. The Bertz CT molecular complexity index is 537. The summed E-state index contributed by atoms with van der Waals surface area (Å²) in [6.45, 7) is 2.69. The lowest BCUT2D eigenvalue weighted by Gasteiger charge is -2.12. The van der Waals surface area contributed by atoms with Crippen LogP contribution in [0, 0.1) is 0 Å². The van der Waals surface area contributed by atoms with Crippen molar-refractivity contribution >= 4 is 22.9 Å². The average molecular weight is 289 g/mol. The summed E-state index contributed by atoms with van der Waals surface area (Å²) in [6.07, 6.45) is 3.06. The van der Waals surface area contributed by atoms with E-state index in [9.17, 15) is 4.79 Å². The van der Waals surface area contributed by atoms with Crippen LogP contribution in [0.3, 0.4) is 0 Å². The summed E-state index contributed by atoms with van der Waals surface area (Å²) in [6, 6.07) is 7.68. The zero-order chi connectivity index (χ0) is 14.4. The molecule has 2 rings (SSSR count). The van der Waals surface area contributed by atoms with Crippen molar-refractivity contribution < 1.29 is 4.79 Å². The Morgan fingerprint density at radius 3 is 2.80 bits per heavy atom. The van der Waals surface area contributed by atoms with Crippen molar-refractivity contribution in [2.45, 2.75) is 25.7 Å². The number of hydrogen-bond acceptors (Lipinski definition) is 4. The molecule has 1 aromatic heterocycles. The molecule has 0 bridgehead atoms. The van der Waals surface area contributed by atoms with Crippen LogP contribution >= 0.6 is 11.3 Å². The molecule has 0 fully saturated rings. The van der Waals surface area contributed by atoms with Crippen molar-refractivity contribution in [3.05, 3.63) is 46.4 Å². The monoisotopic (exact) mass is 289 g/mol. The summed E-state index contributed by atoms with van der Waals surface area (Å²) in [4.78, 5) is 16.1. The van der Waals surface area contributed by atoms with Gasteiger partial charge in [-0.2, -0.15) is 0 Å². The van der Waals surface area contributed by atoms with Gasteiger partial charge in [0.1, 0.15) is 0 Å². The summed E-state index contributed by atoms with van der Waals surface area (Å²) < 4.78 is 0. The van der Waals surface area contributed by atoms with Gasteiger partial charge in [-0.25, -0.2) is 4.98 Å². The first kappa shape index (κ1) is 14.5. The minimum atomic E-state index is 0.0749. The lowest BCUT2D eigenvalue weighted by Crippen LogP contribution is -2.26. The first-order valence-corrected chi connectivity index (χ1v) is 7.53. The van der Waals surface area contributed by atoms with E-state index in [1.807, 2.05) is 36.6 Å². The van der Waals surface area contributed by atoms with Gasteiger partial charge in [0.15, 0.2) is 0 Å². The molecule has 20 heavy (non-hydrogen) atoms. The molecule has 0 aliphatic rings. The number of nitrogens with zero attached hydrogens (tertiary/aromatic N) is 1. The molecule has 2 aromatic rings. The third-order valence-electron chi connectivity index (χ3n) is 3.14. The number of hydrogen-bond donors (Lipinski definition) is 2. The van der Waals surface area contributed by atoms with Gasteiger partial charge in [0.05, 0.1) is 5.01 Å². The highest BCUT2D eigenvalue weighted by atomic mass is 32.1. The normalized spacial score (nSPS) is 12.1. The van der Waals surface area contributed by atoms with Gasteiger partial charge in [0.25, 0.3) is 0 Å². The van der Waals surface area contributed by atoms with Crippen LogP contribution in [0.1, 0.15) is 29.8 Å². The summed E-state index contributed by atoms with van der Waals surface area (Å²) in [7, 11) is 0. The lowest BCUT2D eigenvalue weighted by atomic mass is 9.97. The SMILES string of the molecule is CC(CC(=O)NCCc1nccs1)c1ccc(N)cc1. The molecule has 0 radical (unpaired) electrons. The van der Waals surface area contributed by atoms with Crippen LogP contribution in [0.4, 0.5) is 5.69 Å². The molecule has 0 aliphatic heterocycles. The standard InChI is InChI=1S/C15H19N3OS/c1-11(12-2-4-13(16)5-3-12)10-14(19)17-7-6-15-18-8-9-20-15/h2-5,8-9,11H,6-7,10,16H2,1H3,(H,17,19). The Hall–Kier alpha value is -1.88. The fourth-order valence-corrected chi connectivity index (χ4v) is 2.60. The highest BCUT2D eigenvalue weighted by molar-refractivity contribution is 7.09. The van der Waals surface area contributed by atoms with Crippen molar-refractivity contribution in [2.75, 3.05) is 12.3 Å². The van der Waals surface area contributed by atoms with E-state index >= 15 is 0 Å². The summed E-state index contributed by atoms with van der Waals surface area (Å²) in [5.41, 5.74) is 7.53. The van der Waals surface area contributed by atoms with Crippen LogP contribution in [0.2, 0.25) is 0 Å². The second-order valence-corrected chi connectivity index (χ2v) is 5.78. The van der Waals surface area contributed by atoms with Gasteiger partial charge in [-0.1, -0.05) is 19.1 Å². The summed E-state index contributed by atoms with van der Waals surface area (Å²) >= 11 is 1.61. The number of amides is 1. The quantitative estimate of drug-likeness (QED) is 0.803. The van der Waals surface area contributed by atoms with Crippen LogP contribution in [-0.2, 0) is 11.2 Å². The molecular weight excluding hydrogens is 270 g/mol. The van der Waals surface area contributed by atoms with Crippen LogP contribution in [-0.4, -0.2) is 17.4 Å². The zero-order valence-electron chi connectivity index (χ0n) is 11.5. The molecule has 5 heteroatoms. The van der Waals surface area contributed by atoms with Crippen molar-refractivity contribution in [1.29, 1.82) is 0 Å². The Morgan fingerprint density at radius 1 is 1.40 bits per heavy atom. The molecule has 1 aromatic carbocycles. The molecular formula is C15H19N3OS. The van der Waals surface area contributed by atoms with Crippen LogP contribution < -0.4 is 11.1 Å². The molecule has 1 heterocycles. The van der Waals surface area contributed by atoms with E-state index in [2.05, 4.69) is 10.3 Å². The highest BCUT2D eigenvalue weighted by Gasteiger charge is 2.10. The maximum absolute atomic E-state index is 11.9. The fraction of sp³-hybridized carbons (Fsp3) is 0.333. The number of nitrogen functional groups attached to an aromatic ring is 1. The number of carbonyl (C=O) groups excluding carboxylic acids is 1. The maximum Gasteiger partial charge on any atom is 0.220 e. The van der Waals surface area contributed by atoms with E-state index < -0.39 is 0 Å². The van der Waals surface area contributed by atoms with Crippen LogP contribution in [0.15, 0.2) is 35.8 Å². The fourth-order valence-electron chi connectivity index (χ4n) is 1.98. The smallest absolute Gasteiger partial charge is 0.220 e. The second kappa shape index (κ2) is 7.05. The molecule has 0 aliphatic carbocycles. The largest absolute Gasteiger partial charge is 0.399 e. The summed E-state index contributed by atoms with van der Waals surface area (Å²) in [5.74, 6) is 0.265. The molecule has 106 valence electrons. The van der Waals surface area contributed by atoms with Crippen LogP contribution in [0.5, 0.6) is 0 Å². The number of nitrogens with one attached hydrogen (secondary N) is 1. The Morgan fingerprint density at radius 2 is 2.15 bits per heavy atom. The third kappa shape index (κ3) is 4.35. The van der Waals surface area contributed by atoms with E-state index in [0.29, 0.717) is 13.0 Å². The van der Waals surface area contributed by atoms with E-state index in [4.69, 9.17) is 5.73 Å². The molecule has 3 N–H and O–H groups in total. The maximum atomic E-state index is 11.9. The molecule has 1 atom stereocenters. The predicted molar refractivity (Wildman–Crippen MR) is 82.7 cm³/mol. The minimum Gasteiger partial charge on any atom is -0.399 e. The summed E-state index contributed by atoms with van der Waals surface area (Å²) in [5, 5.41) is 5.93. The van der Waals surface area contributed by atoms with Gasteiger partial charge in [-0.05, 0) is 23.6 Å². The first-order chi connectivity index (χ1) is 9.65. The van der Waals surface area contributed by atoms with E-state index in [0.717, 1.165) is 22.7 Å². The number of benzene rings is 1. The topological polar surface area (TPSA) is 68.0 Å². The predicted octanol–water partition coefficient (Wildman–Crippen LogP) is 2.58. The van der Waals surface area contributed by atoms with Crippen molar-refractivity contribution in [2.24, 2.45) is 0 Å². The second-order valence-electron chi connectivity index (χ2n) is 4.80. The molecule has 0 spiro atoms. The van der Waals surface area contributed by atoms with Gasteiger partial charge >= 0.3 is 0 Å². The van der Waals surface area contributed by atoms with E-state index in [1.54, 1.807) is 17.5 Å². The van der Waals surface area contributed by atoms with Gasteiger partial charge in [-0.15, -0.1) is 11.3 Å². The van der Waals surface area contributed by atoms with Crippen LogP contribution in [0.25, 0.3) is 0 Å². The first-order valence-electron chi connectivity index (χ1n) is 6.65. The van der Waals surface area contributed by atoms with E-state index in [-0.39, 0.29) is 11.8 Å². The molecule has 1 unspecified atom stereocenters. The van der Waals surface area contributed by atoms with E-state index in [1.165, 1.54) is 0 Å². The number of thiazole rings is 1. The minimum absolute atomic E-state index is 0.0749. The number of anilines is 1. The molecule has 1 amide bonds. The molecule has 4 nitrogen and oxygen atoms in total. The highest BCUT2D eigenvalue weighted by Crippen LogP contribution is 2.19. The number of rotatable bonds is 6. The Kier molecular flexibility index (Phi) is 5.12. The zero-order valence-corrected chi connectivity index (χ0v) is 12.3. The van der Waals surface area contributed by atoms with Crippen molar-refractivity contribution in [3.63, 3.8) is 0 Å². The lowest BCUT2D eigenvalue weighted by molar-refractivity contribution is -0.121. The average Bonchev–Trinajstić information content (AvgIpc) is 2.92. The van der Waals surface area contributed by atoms with Gasteiger partial charge in [0.2, 0.25) is 5.91 Å². The van der Waals surface area contributed by atoms with Gasteiger partial charge < -0.3 is 11.1 Å². The van der Waals surface area contributed by atoms with Crippen molar-refractivity contribution in [1.82, 2.24) is 10.3 Å². The van der Waals surface area contributed by atoms with Gasteiger partial charge in [-0.3, -0.25) is 4.79 Å². The Labute approximate surface area is 123 Å². The number of nitrogens with two attached hydrogens (primary N) is 1. The molecule has 0 saturated carbocycles. The van der Waals surface area contributed by atoms with Crippen molar-refractivity contribution in [3.8, 4) is 0 Å². The number of carbonyl (C=O) groups is 1.